The summed E-state index contributed by atoms with van der Waals surface area (Å²) in [7, 11) is -2.40. The lowest BCUT2D eigenvalue weighted by Crippen LogP contribution is -2.56. The van der Waals surface area contributed by atoms with Gasteiger partial charge in [0.1, 0.15) is 31.5 Å². The number of aliphatic hydroxyl groups is 1. The predicted molar refractivity (Wildman–Crippen MR) is 172 cm³/mol. The fraction of sp³-hybridized carbons (Fsp3) is 1.00. The standard InChI is InChI=1S/C31H65N2O7SSi/c1-4-5-6-7-8-9-10-11-12-13-14-15-16-17-18-19-21-32(2,3)22-20-27-42-38-25-23-33(30-40-42,24-26-39-42)28-31(34)29-41(35,36)37/h31,34H,4-30H2,1-3H3/q+1/p+1. The topological polar surface area (TPSA) is 102 Å². The summed E-state index contributed by atoms with van der Waals surface area (Å²) in [4.78, 5) is 0. The van der Waals surface area contributed by atoms with Crippen molar-refractivity contribution >= 4 is 18.9 Å². The fourth-order valence-electron chi connectivity index (χ4n) is 6.51. The van der Waals surface area contributed by atoms with Gasteiger partial charge in [0, 0.05) is 12.5 Å². The lowest BCUT2D eigenvalue weighted by molar-refractivity contribution is -0.942. The largest absolute Gasteiger partial charge is 0.505 e. The zero-order valence-corrected chi connectivity index (χ0v) is 29.2. The number of nitrogens with zero attached hydrogens (tertiary/aromatic N) is 2. The van der Waals surface area contributed by atoms with E-state index in [1.54, 1.807) is 0 Å². The summed E-state index contributed by atoms with van der Waals surface area (Å²) in [6, 6.07) is 0.779. The minimum absolute atomic E-state index is 0.195. The first-order valence-electron chi connectivity index (χ1n) is 17.2. The van der Waals surface area contributed by atoms with Gasteiger partial charge in [0.15, 0.2) is 6.73 Å². The van der Waals surface area contributed by atoms with Crippen LogP contribution in [0.25, 0.3) is 0 Å². The maximum atomic E-state index is 11.2. The number of aliphatic hydroxyl groups excluding tert-OH is 1. The van der Waals surface area contributed by atoms with Crippen LogP contribution in [-0.2, 0) is 23.4 Å². The van der Waals surface area contributed by atoms with Crippen LogP contribution >= 0.6 is 0 Å². The third-order valence-electron chi connectivity index (χ3n) is 9.20. The Balaban J connectivity index is 1.52. The smallest absolute Gasteiger partial charge is 0.386 e. The molecule has 0 aromatic heterocycles. The molecule has 2 aliphatic heterocycles. The number of unbranched alkanes of at least 4 members (excludes halogenated alkanes) is 15. The third-order valence-corrected chi connectivity index (χ3v) is 12.8. The van der Waals surface area contributed by atoms with Crippen molar-refractivity contribution in [2.45, 2.75) is 128 Å². The molecule has 2 N–H and O–H groups in total. The fourth-order valence-corrected chi connectivity index (χ4v) is 9.65. The molecule has 9 nitrogen and oxygen atoms in total. The van der Waals surface area contributed by atoms with E-state index in [-0.39, 0.29) is 6.54 Å². The Morgan fingerprint density at radius 2 is 1.19 bits per heavy atom. The number of hydrogen-bond acceptors (Lipinski definition) is 6. The number of quaternary nitrogens is 2. The Morgan fingerprint density at radius 3 is 1.67 bits per heavy atom. The van der Waals surface area contributed by atoms with Crippen LogP contribution in [0.4, 0.5) is 0 Å². The second-order valence-electron chi connectivity index (χ2n) is 13.8. The molecule has 2 aliphatic rings. The molecule has 0 aromatic carbocycles. The Kier molecular flexibility index (Phi) is 18.2. The van der Waals surface area contributed by atoms with Crippen molar-refractivity contribution in [3.8, 4) is 0 Å². The quantitative estimate of drug-likeness (QED) is 0.0568. The summed E-state index contributed by atoms with van der Waals surface area (Å²) in [6.45, 7) is 7.30. The Labute approximate surface area is 259 Å². The second kappa shape index (κ2) is 20.1. The van der Waals surface area contributed by atoms with Gasteiger partial charge in [-0.25, -0.2) is 0 Å². The van der Waals surface area contributed by atoms with Crippen LogP contribution < -0.4 is 0 Å². The lowest BCUT2D eigenvalue weighted by Gasteiger charge is -2.36. The third kappa shape index (κ3) is 16.8. The average molecular weight is 639 g/mol. The van der Waals surface area contributed by atoms with Gasteiger partial charge >= 0.3 is 8.80 Å². The van der Waals surface area contributed by atoms with E-state index in [0.29, 0.717) is 37.5 Å². The van der Waals surface area contributed by atoms with Gasteiger partial charge in [0.25, 0.3) is 10.1 Å². The minimum Gasteiger partial charge on any atom is -0.386 e. The van der Waals surface area contributed by atoms with Crippen molar-refractivity contribution in [1.82, 2.24) is 0 Å². The maximum absolute atomic E-state index is 11.2. The highest BCUT2D eigenvalue weighted by atomic mass is 32.2. The molecule has 250 valence electrons. The van der Waals surface area contributed by atoms with Gasteiger partial charge in [-0.2, -0.15) is 8.42 Å². The van der Waals surface area contributed by atoms with E-state index in [1.807, 2.05) is 0 Å². The van der Waals surface area contributed by atoms with Crippen LogP contribution in [0.2, 0.25) is 6.04 Å². The molecule has 0 spiro atoms. The molecule has 42 heavy (non-hydrogen) atoms. The monoisotopic (exact) mass is 638 g/mol. The van der Waals surface area contributed by atoms with E-state index in [0.717, 1.165) is 23.5 Å². The molecule has 2 heterocycles. The summed E-state index contributed by atoms with van der Waals surface area (Å²) in [5.74, 6) is -0.663. The van der Waals surface area contributed by atoms with Crippen LogP contribution in [-0.4, -0.2) is 114 Å². The SMILES string of the molecule is CCCCCCCCCCCCCCCCCC[N+](C)(C)CCC[Si]12OCC[N+](CC(O)CS(=O)(=O)O)(CCO1)CO2. The summed E-state index contributed by atoms with van der Waals surface area (Å²) >= 11 is 0. The number of rotatable bonds is 25. The summed E-state index contributed by atoms with van der Waals surface area (Å²) < 4.78 is 51.6. The van der Waals surface area contributed by atoms with Crippen LogP contribution in [0.3, 0.4) is 0 Å². The summed E-state index contributed by atoms with van der Waals surface area (Å²) in [6.07, 6.45) is 22.1. The van der Waals surface area contributed by atoms with Crippen LogP contribution in [0.15, 0.2) is 0 Å². The van der Waals surface area contributed by atoms with E-state index in [9.17, 15) is 13.5 Å². The Morgan fingerprint density at radius 1 is 0.738 bits per heavy atom. The highest BCUT2D eigenvalue weighted by Gasteiger charge is 2.50. The van der Waals surface area contributed by atoms with E-state index in [2.05, 4.69) is 21.0 Å². The Hall–Kier alpha value is -0.113. The van der Waals surface area contributed by atoms with Crippen LogP contribution in [0, 0.1) is 0 Å². The van der Waals surface area contributed by atoms with Crippen molar-refractivity contribution in [2.24, 2.45) is 0 Å². The molecule has 2 saturated heterocycles. The highest BCUT2D eigenvalue weighted by Crippen LogP contribution is 2.28. The van der Waals surface area contributed by atoms with Crippen molar-refractivity contribution in [3.05, 3.63) is 0 Å². The lowest BCUT2D eigenvalue weighted by atomic mass is 10.0. The van der Waals surface area contributed by atoms with Gasteiger partial charge in [-0.1, -0.05) is 96.8 Å². The van der Waals surface area contributed by atoms with Gasteiger partial charge in [-0.3, -0.25) is 9.04 Å². The van der Waals surface area contributed by atoms with Crippen molar-refractivity contribution in [3.63, 3.8) is 0 Å². The molecule has 0 radical (unpaired) electrons. The molecule has 1 atom stereocenters. The van der Waals surface area contributed by atoms with Crippen molar-refractivity contribution in [2.75, 3.05) is 72.5 Å². The number of hydrogen-bond donors (Lipinski definition) is 2. The molecule has 0 aliphatic carbocycles. The van der Waals surface area contributed by atoms with Gasteiger partial charge in [-0.15, -0.1) is 0 Å². The molecule has 0 amide bonds. The Bertz CT molecular complexity index is 805. The second-order valence-corrected chi connectivity index (χ2v) is 18.0. The van der Waals surface area contributed by atoms with Crippen LogP contribution in [0.5, 0.6) is 0 Å². The van der Waals surface area contributed by atoms with Crippen molar-refractivity contribution in [1.29, 1.82) is 0 Å². The normalized spacial score (nSPS) is 24.0. The van der Waals surface area contributed by atoms with E-state index < -0.39 is 30.8 Å². The average Bonchev–Trinajstić information content (AvgIpc) is 3.17. The first kappa shape index (κ1) is 38.1. The first-order chi connectivity index (χ1) is 20.0. The molecule has 1 unspecified atom stereocenters. The molecule has 11 heteroatoms. The molecule has 0 saturated carbocycles. The van der Waals surface area contributed by atoms with Gasteiger partial charge in [-0.05, 0) is 12.8 Å². The zero-order chi connectivity index (χ0) is 30.8. The molecular weight excluding hydrogens is 573 g/mol. The molecule has 2 rings (SSSR count). The van der Waals surface area contributed by atoms with E-state index in [1.165, 1.54) is 109 Å². The molecule has 2 bridgehead atoms. The summed E-state index contributed by atoms with van der Waals surface area (Å²) in [5, 5.41) is 10.3. The highest BCUT2D eigenvalue weighted by molar-refractivity contribution is 7.85. The predicted octanol–water partition coefficient (Wildman–Crippen LogP) is 5.75. The van der Waals surface area contributed by atoms with Gasteiger partial charge < -0.3 is 22.9 Å². The minimum atomic E-state index is -4.23. The maximum Gasteiger partial charge on any atom is 0.505 e. The van der Waals surface area contributed by atoms with Crippen molar-refractivity contribution < 1.29 is 40.3 Å². The van der Waals surface area contributed by atoms with Gasteiger partial charge in [0.05, 0.1) is 40.4 Å². The van der Waals surface area contributed by atoms with Gasteiger partial charge in [0.2, 0.25) is 0 Å². The number of fused-ring (bicyclic) bond motifs is 3. The molecule has 2 fully saturated rings. The van der Waals surface area contributed by atoms with E-state index >= 15 is 0 Å². The van der Waals surface area contributed by atoms with Crippen LogP contribution in [0.1, 0.15) is 116 Å². The summed E-state index contributed by atoms with van der Waals surface area (Å²) in [5.41, 5.74) is 0. The molecule has 0 aromatic rings. The molecular formula is C31H66N2O7SSi+2. The first-order valence-corrected chi connectivity index (χ1v) is 20.8. The van der Waals surface area contributed by atoms with E-state index in [4.69, 9.17) is 17.8 Å². The zero-order valence-electron chi connectivity index (χ0n) is 27.4.